The number of hydrogen-bond acceptors (Lipinski definition) is 5. The molecule has 3 heterocycles. The molecule has 0 aliphatic heterocycles. The molecule has 13 heteroatoms. The van der Waals surface area contributed by atoms with Gasteiger partial charge in [-0.2, -0.15) is 13.2 Å². The van der Waals surface area contributed by atoms with E-state index in [0.29, 0.717) is 10.6 Å². The van der Waals surface area contributed by atoms with E-state index in [1.165, 1.54) is 25.4 Å². The highest BCUT2D eigenvalue weighted by Crippen LogP contribution is 2.81. The number of fused-ring (bicyclic) bond motifs is 1. The maximum Gasteiger partial charge on any atom is 0.394 e. The number of nitrogens with one attached hydrogen (secondary N) is 2. The summed E-state index contributed by atoms with van der Waals surface area (Å²) >= 11 is 0. The van der Waals surface area contributed by atoms with Crippen LogP contribution >= 0.6 is 0 Å². The minimum Gasteiger partial charge on any atom is -0.346 e. The highest BCUT2D eigenvalue weighted by molar-refractivity contribution is 5.83. The predicted octanol–water partition coefficient (Wildman–Crippen LogP) is 2.91. The molecule has 35 heavy (non-hydrogen) atoms. The first-order valence-corrected chi connectivity index (χ1v) is 10.6. The van der Waals surface area contributed by atoms with Gasteiger partial charge in [-0.15, -0.1) is 0 Å². The molecule has 6 rings (SSSR count). The van der Waals surface area contributed by atoms with Crippen LogP contribution in [0.1, 0.15) is 44.0 Å². The molecule has 3 saturated carbocycles. The Bertz CT molecular complexity index is 1460. The van der Waals surface area contributed by atoms with Crippen LogP contribution < -0.4 is 16.6 Å². The molecular weight excluding hydrogens is 477 g/mol. The average Bonchev–Trinajstić information content (AvgIpc) is 2.69. The van der Waals surface area contributed by atoms with Crippen molar-refractivity contribution >= 4 is 16.8 Å². The summed E-state index contributed by atoms with van der Waals surface area (Å²) in [7, 11) is 0. The molecule has 1 amide bonds. The van der Waals surface area contributed by atoms with Gasteiger partial charge < -0.3 is 10.3 Å². The second-order valence-electron chi connectivity index (χ2n) is 9.35. The van der Waals surface area contributed by atoms with Gasteiger partial charge in [0.15, 0.2) is 0 Å². The normalized spacial score (nSPS) is 24.9. The van der Waals surface area contributed by atoms with E-state index in [2.05, 4.69) is 20.3 Å². The largest absolute Gasteiger partial charge is 0.394 e. The van der Waals surface area contributed by atoms with Crippen LogP contribution in [0.5, 0.6) is 0 Å². The van der Waals surface area contributed by atoms with E-state index < -0.39 is 77.1 Å². The van der Waals surface area contributed by atoms with Gasteiger partial charge in [-0.3, -0.25) is 19.6 Å². The summed E-state index contributed by atoms with van der Waals surface area (Å²) < 4.78 is 68.6. The van der Waals surface area contributed by atoms with E-state index >= 15 is 0 Å². The Morgan fingerprint density at radius 2 is 1.89 bits per heavy atom. The number of rotatable bonds is 5. The number of nitrogens with zero attached hydrogens (tertiary/aromatic N) is 3. The number of halogens is 5. The molecule has 3 aliphatic carbocycles. The second-order valence-corrected chi connectivity index (χ2v) is 9.35. The Morgan fingerprint density at radius 1 is 1.20 bits per heavy atom. The van der Waals surface area contributed by atoms with Crippen molar-refractivity contribution in [3.8, 4) is 0 Å². The summed E-state index contributed by atoms with van der Waals surface area (Å²) in [6.07, 6.45) is -2.50. The molecule has 3 aromatic rings. The average molecular weight is 495 g/mol. The zero-order valence-electron chi connectivity index (χ0n) is 18.1. The van der Waals surface area contributed by atoms with Gasteiger partial charge in [0, 0.05) is 17.7 Å². The fourth-order valence-electron chi connectivity index (χ4n) is 5.54. The highest BCUT2D eigenvalue weighted by Gasteiger charge is 2.81. The molecule has 3 fully saturated rings. The molecule has 3 aromatic heterocycles. The molecule has 184 valence electrons. The van der Waals surface area contributed by atoms with E-state index in [4.69, 9.17) is 0 Å². The molecule has 2 atom stereocenters. The summed E-state index contributed by atoms with van der Waals surface area (Å²) in [6, 6.07) is -0.831. The number of amides is 1. The summed E-state index contributed by atoms with van der Waals surface area (Å²) in [6.45, 7) is 1.34. The van der Waals surface area contributed by atoms with Crippen molar-refractivity contribution in [3.63, 3.8) is 0 Å². The Morgan fingerprint density at radius 3 is 2.51 bits per heavy atom. The predicted molar refractivity (Wildman–Crippen MR) is 111 cm³/mol. The molecule has 0 aromatic carbocycles. The van der Waals surface area contributed by atoms with Gasteiger partial charge in [0.25, 0.3) is 5.56 Å². The second kappa shape index (κ2) is 7.43. The van der Waals surface area contributed by atoms with E-state index in [1.54, 1.807) is 0 Å². The van der Waals surface area contributed by atoms with Crippen molar-refractivity contribution in [2.75, 3.05) is 0 Å². The van der Waals surface area contributed by atoms with Crippen LogP contribution in [0, 0.1) is 22.5 Å². The minimum atomic E-state index is -4.49. The number of carbonyl (C=O) groups excluding carboxylic acids is 1. The summed E-state index contributed by atoms with van der Waals surface area (Å²) in [4.78, 5) is 49.4. The monoisotopic (exact) mass is 495 g/mol. The topological polar surface area (TPSA) is 110 Å². The number of H-pyrrole nitrogens is 1. The zero-order valence-corrected chi connectivity index (χ0v) is 18.1. The first-order chi connectivity index (χ1) is 16.4. The fraction of sp³-hybridized carbons (Fsp3) is 0.409. The van der Waals surface area contributed by atoms with E-state index in [1.807, 2.05) is 0 Å². The van der Waals surface area contributed by atoms with Crippen molar-refractivity contribution in [2.24, 2.45) is 10.8 Å². The number of carbonyl (C=O) groups is 1. The van der Waals surface area contributed by atoms with Crippen LogP contribution in [0.4, 0.5) is 22.0 Å². The first-order valence-electron chi connectivity index (χ1n) is 10.6. The maximum absolute atomic E-state index is 14.2. The standard InChI is InChI=1S/C22H18F5N5O3/c1-10(15-13(24)4-11(23)5-29-15)30-17(33)16(20-7-21(8-20,9-20)22(25,26)27)32-18(34)12-2-3-28-6-14(12)31-19(32)35/h2-6,10,16H,7-9H2,1H3,(H,30,33)(H,31,35)/t10-,16+,20?,21?/m1/s1. The molecule has 2 N–H and O–H groups in total. The maximum atomic E-state index is 14.2. The van der Waals surface area contributed by atoms with Gasteiger partial charge >= 0.3 is 11.9 Å². The first kappa shape index (κ1) is 23.1. The Balaban J connectivity index is 1.56. The van der Waals surface area contributed by atoms with Gasteiger partial charge in [-0.25, -0.2) is 18.1 Å². The molecular formula is C22H18F5N5O3. The lowest BCUT2D eigenvalue weighted by atomic mass is 9.32. The summed E-state index contributed by atoms with van der Waals surface area (Å²) in [5, 5.41) is 2.46. The lowest BCUT2D eigenvalue weighted by Crippen LogP contribution is -2.73. The number of aromatic nitrogens is 4. The Labute approximate surface area is 193 Å². The van der Waals surface area contributed by atoms with Gasteiger partial charge in [0.05, 0.1) is 40.4 Å². The third-order valence-electron chi connectivity index (χ3n) is 7.10. The van der Waals surface area contributed by atoms with Crippen LogP contribution in [0.3, 0.4) is 0 Å². The fourth-order valence-corrected chi connectivity index (χ4v) is 5.54. The number of alkyl halides is 3. The van der Waals surface area contributed by atoms with Crippen LogP contribution in [0.15, 0.2) is 40.3 Å². The molecule has 0 radical (unpaired) electrons. The summed E-state index contributed by atoms with van der Waals surface area (Å²) in [5.41, 5.74) is -5.30. The molecule has 0 spiro atoms. The van der Waals surface area contributed by atoms with E-state index in [9.17, 15) is 36.3 Å². The van der Waals surface area contributed by atoms with Crippen molar-refractivity contribution in [1.29, 1.82) is 0 Å². The molecule has 0 unspecified atom stereocenters. The number of hydrogen-bond donors (Lipinski definition) is 2. The zero-order chi connectivity index (χ0) is 25.3. The van der Waals surface area contributed by atoms with Crippen LogP contribution in [0.2, 0.25) is 0 Å². The van der Waals surface area contributed by atoms with Gasteiger partial charge in [-0.1, -0.05) is 0 Å². The quantitative estimate of drug-likeness (QED) is 0.529. The van der Waals surface area contributed by atoms with Crippen molar-refractivity contribution < 1.29 is 26.7 Å². The summed E-state index contributed by atoms with van der Waals surface area (Å²) in [5.74, 6) is -2.92. The van der Waals surface area contributed by atoms with Crippen LogP contribution in [0.25, 0.3) is 10.9 Å². The smallest absolute Gasteiger partial charge is 0.346 e. The van der Waals surface area contributed by atoms with Gasteiger partial charge in [0.2, 0.25) is 5.91 Å². The van der Waals surface area contributed by atoms with E-state index in [0.717, 1.165) is 6.20 Å². The van der Waals surface area contributed by atoms with Crippen molar-refractivity contribution in [3.05, 3.63) is 68.9 Å². The minimum absolute atomic E-state index is 0.0221. The lowest BCUT2D eigenvalue weighted by Gasteiger charge is -2.72. The van der Waals surface area contributed by atoms with Gasteiger partial charge in [-0.05, 0) is 32.3 Å². The number of aromatic amines is 1. The number of pyridine rings is 2. The third-order valence-corrected chi connectivity index (χ3v) is 7.10. The van der Waals surface area contributed by atoms with Gasteiger partial charge in [0.1, 0.15) is 17.7 Å². The molecule has 2 bridgehead atoms. The Kier molecular flexibility index (Phi) is 4.91. The third kappa shape index (κ3) is 3.35. The van der Waals surface area contributed by atoms with Crippen molar-refractivity contribution in [2.45, 2.75) is 44.4 Å². The van der Waals surface area contributed by atoms with Crippen molar-refractivity contribution in [1.82, 2.24) is 24.8 Å². The lowest BCUT2D eigenvalue weighted by molar-refractivity contribution is -0.370. The highest BCUT2D eigenvalue weighted by atomic mass is 19.4. The molecule has 0 saturated heterocycles. The molecule has 3 aliphatic rings. The van der Waals surface area contributed by atoms with Crippen LogP contribution in [-0.4, -0.2) is 31.6 Å². The van der Waals surface area contributed by atoms with Crippen LogP contribution in [-0.2, 0) is 4.79 Å². The SMILES string of the molecule is C[C@@H](NC(=O)[C@H](n1c(=O)[nH]c2cnccc2c1=O)C12CC(C(F)(F)F)(C1)C2)c1ncc(F)cc1F. The van der Waals surface area contributed by atoms with E-state index in [-0.39, 0.29) is 16.6 Å². The Hall–Kier alpha value is -3.64. The molecule has 8 nitrogen and oxygen atoms in total.